The lowest BCUT2D eigenvalue weighted by molar-refractivity contribution is -0.138. The Morgan fingerprint density at radius 1 is 1.26 bits per heavy atom. The predicted molar refractivity (Wildman–Crippen MR) is 129 cm³/mol. The van der Waals surface area contributed by atoms with Crippen LogP contribution in [0.15, 0.2) is 41.6 Å². The molecule has 1 aliphatic rings. The molecule has 13 heteroatoms. The van der Waals surface area contributed by atoms with Gasteiger partial charge in [0, 0.05) is 44.9 Å². The van der Waals surface area contributed by atoms with E-state index in [9.17, 15) is 28.0 Å². The molecule has 1 N–H and O–H groups in total. The third-order valence-corrected chi connectivity index (χ3v) is 6.14. The number of imidazole rings is 1. The number of anilines is 2. The number of halogens is 3. The summed E-state index contributed by atoms with van der Waals surface area (Å²) in [5, 5.41) is 12.5. The van der Waals surface area contributed by atoms with Crippen molar-refractivity contribution in [1.29, 1.82) is 5.26 Å². The van der Waals surface area contributed by atoms with Gasteiger partial charge < -0.3 is 19.2 Å². The van der Waals surface area contributed by atoms with Crippen molar-refractivity contribution in [2.75, 3.05) is 5.32 Å². The van der Waals surface area contributed by atoms with E-state index in [4.69, 9.17) is 4.74 Å². The van der Waals surface area contributed by atoms with Gasteiger partial charge in [-0.15, -0.1) is 0 Å². The highest BCUT2D eigenvalue weighted by atomic mass is 19.4. The number of ketones is 1. The molecule has 0 amide bonds. The monoisotopic (exact) mass is 523 g/mol. The second-order valence-electron chi connectivity index (χ2n) is 8.96. The van der Waals surface area contributed by atoms with Crippen LogP contribution in [-0.4, -0.2) is 29.9 Å². The molecule has 10 nitrogen and oxygen atoms in total. The van der Waals surface area contributed by atoms with Crippen molar-refractivity contribution in [1.82, 2.24) is 24.1 Å². The van der Waals surface area contributed by atoms with E-state index in [-0.39, 0.29) is 52.2 Å². The molecule has 1 aliphatic carbocycles. The molecule has 4 aromatic heterocycles. The standard InChI is InChI=1S/C25H20F3N7O3/c1-34-12-14(25(26,27)28)7-18(23(34)37)32-24-33-22-21(35(24)2)17(10-29)20(11-31-22)38-16-5-6-30-15(8-16)9-19(36)13-3-4-13/h5-8,11-13H,3-4,9H2,1-2H3,(H,31,32,33). The van der Waals surface area contributed by atoms with E-state index in [0.29, 0.717) is 23.7 Å². The number of nitriles is 1. The number of nitrogens with one attached hydrogen (secondary N) is 1. The molecule has 1 saturated carbocycles. The Morgan fingerprint density at radius 3 is 2.71 bits per heavy atom. The van der Waals surface area contributed by atoms with Gasteiger partial charge in [0.2, 0.25) is 5.95 Å². The van der Waals surface area contributed by atoms with Gasteiger partial charge in [-0.1, -0.05) is 0 Å². The van der Waals surface area contributed by atoms with Gasteiger partial charge >= 0.3 is 6.18 Å². The average Bonchev–Trinajstić information content (AvgIpc) is 3.67. The Bertz CT molecular complexity index is 1680. The second-order valence-corrected chi connectivity index (χ2v) is 8.96. The summed E-state index contributed by atoms with van der Waals surface area (Å²) in [4.78, 5) is 37.3. The minimum absolute atomic E-state index is 0.00219. The minimum atomic E-state index is -4.66. The summed E-state index contributed by atoms with van der Waals surface area (Å²) in [7, 11) is 2.74. The van der Waals surface area contributed by atoms with E-state index >= 15 is 0 Å². The van der Waals surface area contributed by atoms with E-state index in [2.05, 4.69) is 26.3 Å². The molecule has 0 aromatic carbocycles. The normalized spacial score (nSPS) is 13.4. The zero-order chi connectivity index (χ0) is 27.2. The number of alkyl halides is 3. The van der Waals surface area contributed by atoms with Crippen LogP contribution in [-0.2, 0) is 31.5 Å². The van der Waals surface area contributed by atoms with Gasteiger partial charge in [-0.25, -0.2) is 4.98 Å². The lowest BCUT2D eigenvalue weighted by Crippen LogP contribution is -2.23. The number of fused-ring (bicyclic) bond motifs is 1. The lowest BCUT2D eigenvalue weighted by atomic mass is 10.1. The second kappa shape index (κ2) is 9.29. The molecule has 5 rings (SSSR count). The van der Waals surface area contributed by atoms with Gasteiger partial charge in [0.05, 0.1) is 17.5 Å². The number of pyridine rings is 3. The topological polar surface area (TPSA) is 128 Å². The van der Waals surface area contributed by atoms with E-state index in [1.165, 1.54) is 31.1 Å². The summed E-state index contributed by atoms with van der Waals surface area (Å²) in [6.45, 7) is 0. The maximum atomic E-state index is 13.3. The molecule has 0 saturated heterocycles. The number of rotatable bonds is 7. The first kappa shape index (κ1) is 24.9. The molecule has 4 heterocycles. The number of Topliss-reactive ketones (excluding diaryl/α,β-unsaturated/α-hetero) is 1. The average molecular weight is 523 g/mol. The predicted octanol–water partition coefficient (Wildman–Crippen LogP) is 4.01. The number of nitrogens with zero attached hydrogens (tertiary/aromatic N) is 6. The first-order valence-corrected chi connectivity index (χ1v) is 11.5. The summed E-state index contributed by atoms with van der Waals surface area (Å²) in [5.74, 6) is 0.685. The summed E-state index contributed by atoms with van der Waals surface area (Å²) in [5.41, 5.74) is -1.08. The van der Waals surface area contributed by atoms with Crippen molar-refractivity contribution in [2.45, 2.75) is 25.4 Å². The van der Waals surface area contributed by atoms with Crippen molar-refractivity contribution in [3.63, 3.8) is 0 Å². The van der Waals surface area contributed by atoms with Crippen LogP contribution in [0.5, 0.6) is 11.5 Å². The van der Waals surface area contributed by atoms with E-state index < -0.39 is 17.3 Å². The Labute approximate surface area is 213 Å². The Kier molecular flexibility index (Phi) is 6.10. The summed E-state index contributed by atoms with van der Waals surface area (Å²) in [6.07, 6.45) is 0.838. The third kappa shape index (κ3) is 4.80. The molecule has 0 spiro atoms. The Morgan fingerprint density at radius 2 is 2.03 bits per heavy atom. The number of aromatic nitrogens is 5. The third-order valence-electron chi connectivity index (χ3n) is 6.14. The number of aryl methyl sites for hydroxylation is 2. The van der Waals surface area contributed by atoms with Crippen molar-refractivity contribution in [2.24, 2.45) is 20.0 Å². The largest absolute Gasteiger partial charge is 0.454 e. The number of hydrogen-bond acceptors (Lipinski definition) is 8. The number of carbonyl (C=O) groups is 1. The van der Waals surface area contributed by atoms with Crippen molar-refractivity contribution < 1.29 is 22.7 Å². The van der Waals surface area contributed by atoms with Crippen LogP contribution in [0.4, 0.5) is 24.8 Å². The molecular formula is C25H20F3N7O3. The minimum Gasteiger partial charge on any atom is -0.454 e. The smallest absolute Gasteiger partial charge is 0.417 e. The molecule has 0 bridgehead atoms. The van der Waals surface area contributed by atoms with Crippen LogP contribution >= 0.6 is 0 Å². The fourth-order valence-electron chi connectivity index (χ4n) is 4.00. The van der Waals surface area contributed by atoms with Crippen LogP contribution < -0.4 is 15.6 Å². The highest BCUT2D eigenvalue weighted by Crippen LogP contribution is 2.34. The zero-order valence-electron chi connectivity index (χ0n) is 20.2. The molecule has 0 aliphatic heterocycles. The highest BCUT2D eigenvalue weighted by Gasteiger charge is 2.32. The zero-order valence-corrected chi connectivity index (χ0v) is 20.2. The fourth-order valence-corrected chi connectivity index (χ4v) is 4.00. The summed E-state index contributed by atoms with van der Waals surface area (Å²) < 4.78 is 47.9. The van der Waals surface area contributed by atoms with E-state index in [0.717, 1.165) is 17.4 Å². The molecule has 1 fully saturated rings. The first-order valence-electron chi connectivity index (χ1n) is 11.5. The van der Waals surface area contributed by atoms with Gasteiger partial charge in [0.1, 0.15) is 34.4 Å². The van der Waals surface area contributed by atoms with Gasteiger partial charge in [0.15, 0.2) is 11.4 Å². The maximum Gasteiger partial charge on any atom is 0.417 e. The van der Waals surface area contributed by atoms with Crippen LogP contribution in [0.2, 0.25) is 0 Å². The van der Waals surface area contributed by atoms with Crippen LogP contribution in [0.3, 0.4) is 0 Å². The van der Waals surface area contributed by atoms with Crippen molar-refractivity contribution >= 4 is 28.6 Å². The molecule has 0 radical (unpaired) electrons. The van der Waals surface area contributed by atoms with Gasteiger partial charge in [-0.3, -0.25) is 14.6 Å². The lowest BCUT2D eigenvalue weighted by Gasteiger charge is -2.12. The van der Waals surface area contributed by atoms with Gasteiger partial charge in [-0.2, -0.15) is 23.4 Å². The fraction of sp³-hybridized carbons (Fsp3) is 0.280. The van der Waals surface area contributed by atoms with Crippen LogP contribution in [0.25, 0.3) is 11.2 Å². The number of carbonyl (C=O) groups excluding carboxylic acids is 1. The SMILES string of the molecule is Cn1cc(C(F)(F)F)cc(Nc2nc3ncc(Oc4ccnc(CC(=O)C5CC5)c4)c(C#N)c3n2C)c1=O. The molecule has 4 aromatic rings. The number of ether oxygens (including phenoxy) is 1. The van der Waals surface area contributed by atoms with Crippen LogP contribution in [0, 0.1) is 17.2 Å². The molecule has 38 heavy (non-hydrogen) atoms. The van der Waals surface area contributed by atoms with Gasteiger partial charge in [-0.05, 0) is 25.0 Å². The summed E-state index contributed by atoms with van der Waals surface area (Å²) in [6, 6.07) is 5.95. The molecular weight excluding hydrogens is 503 g/mol. The molecule has 0 atom stereocenters. The first-order chi connectivity index (χ1) is 18.0. The van der Waals surface area contributed by atoms with Crippen molar-refractivity contribution in [3.8, 4) is 17.6 Å². The Hall–Kier alpha value is -4.73. The quantitative estimate of drug-likeness (QED) is 0.385. The highest BCUT2D eigenvalue weighted by molar-refractivity contribution is 5.85. The molecule has 194 valence electrons. The van der Waals surface area contributed by atoms with Crippen molar-refractivity contribution in [3.05, 3.63) is 64.0 Å². The number of hydrogen-bond donors (Lipinski definition) is 1. The summed E-state index contributed by atoms with van der Waals surface area (Å²) >= 11 is 0. The maximum absolute atomic E-state index is 13.3. The van der Waals surface area contributed by atoms with Gasteiger partial charge in [0.25, 0.3) is 5.56 Å². The Balaban J connectivity index is 1.48. The van der Waals surface area contributed by atoms with E-state index in [1.54, 1.807) is 12.1 Å². The molecule has 0 unspecified atom stereocenters. The van der Waals surface area contributed by atoms with Crippen LogP contribution in [0.1, 0.15) is 29.7 Å². The van der Waals surface area contributed by atoms with E-state index in [1.807, 2.05) is 0 Å².